The van der Waals surface area contributed by atoms with E-state index in [1.165, 1.54) is 25.3 Å². The standard InChI is InChI=1S/C12H16F2N2O4S/c1-20-8(7-15)6-11(17)16-9-4-2-3-5-10(9)21(18,19)12(13)14/h2-5,8,12H,6-7,15H2,1H3,(H,16,17). The first kappa shape index (κ1) is 17.5. The second-order valence-corrected chi connectivity index (χ2v) is 6.03. The number of methoxy groups -OCH3 is 1. The number of nitrogens with one attached hydrogen (secondary N) is 1. The second-order valence-electron chi connectivity index (χ2n) is 4.15. The third-order valence-electron chi connectivity index (χ3n) is 2.71. The molecule has 0 saturated heterocycles. The van der Waals surface area contributed by atoms with Crippen molar-refractivity contribution in [3.63, 3.8) is 0 Å². The summed E-state index contributed by atoms with van der Waals surface area (Å²) in [4.78, 5) is 11.1. The molecule has 0 aromatic heterocycles. The zero-order chi connectivity index (χ0) is 16.0. The van der Waals surface area contributed by atoms with Crippen molar-refractivity contribution in [3.8, 4) is 0 Å². The molecule has 0 aliphatic carbocycles. The molecule has 0 fully saturated rings. The molecule has 1 aromatic carbocycles. The number of hydrogen-bond donors (Lipinski definition) is 2. The van der Waals surface area contributed by atoms with Crippen LogP contribution in [-0.2, 0) is 19.4 Å². The van der Waals surface area contributed by atoms with E-state index in [1.807, 2.05) is 0 Å². The van der Waals surface area contributed by atoms with Gasteiger partial charge in [-0.25, -0.2) is 8.42 Å². The Morgan fingerprint density at radius 1 is 1.38 bits per heavy atom. The quantitative estimate of drug-likeness (QED) is 0.780. The predicted molar refractivity (Wildman–Crippen MR) is 72.7 cm³/mol. The smallest absolute Gasteiger partial charge is 0.341 e. The van der Waals surface area contributed by atoms with Gasteiger partial charge in [0.2, 0.25) is 15.7 Å². The van der Waals surface area contributed by atoms with Gasteiger partial charge in [-0.3, -0.25) is 4.79 Å². The number of benzene rings is 1. The fourth-order valence-corrected chi connectivity index (χ4v) is 2.47. The van der Waals surface area contributed by atoms with E-state index in [-0.39, 0.29) is 18.7 Å². The van der Waals surface area contributed by atoms with Crippen LogP contribution in [0.1, 0.15) is 6.42 Å². The van der Waals surface area contributed by atoms with Gasteiger partial charge in [0.25, 0.3) is 0 Å². The largest absolute Gasteiger partial charge is 0.380 e. The van der Waals surface area contributed by atoms with Gasteiger partial charge in [-0.1, -0.05) is 12.1 Å². The van der Waals surface area contributed by atoms with Crippen LogP contribution >= 0.6 is 0 Å². The summed E-state index contributed by atoms with van der Waals surface area (Å²) < 4.78 is 53.2. The monoisotopic (exact) mass is 322 g/mol. The second kappa shape index (κ2) is 7.43. The lowest BCUT2D eigenvalue weighted by molar-refractivity contribution is -0.118. The van der Waals surface area contributed by atoms with Gasteiger partial charge in [-0.05, 0) is 12.1 Å². The highest BCUT2D eigenvalue weighted by atomic mass is 32.2. The molecule has 0 heterocycles. The van der Waals surface area contributed by atoms with Crippen molar-refractivity contribution in [2.75, 3.05) is 19.0 Å². The third kappa shape index (κ3) is 4.45. The van der Waals surface area contributed by atoms with Gasteiger partial charge in [-0.15, -0.1) is 0 Å². The molecule has 0 spiro atoms. The number of nitrogens with two attached hydrogens (primary N) is 1. The Bertz CT molecular complexity index is 589. The van der Waals surface area contributed by atoms with E-state index in [9.17, 15) is 22.0 Å². The molecule has 1 aromatic rings. The van der Waals surface area contributed by atoms with Crippen LogP contribution in [0, 0.1) is 0 Å². The average molecular weight is 322 g/mol. The Labute approximate surface area is 121 Å². The number of ether oxygens (including phenoxy) is 1. The van der Waals surface area contributed by atoms with Crippen LogP contribution in [0.3, 0.4) is 0 Å². The molecule has 1 rings (SSSR count). The summed E-state index contributed by atoms with van der Waals surface area (Å²) in [6.45, 7) is 0.0981. The van der Waals surface area contributed by atoms with E-state index in [0.29, 0.717) is 0 Å². The van der Waals surface area contributed by atoms with E-state index in [0.717, 1.165) is 6.07 Å². The number of amides is 1. The van der Waals surface area contributed by atoms with Gasteiger partial charge in [0.1, 0.15) is 0 Å². The molecule has 0 aliphatic rings. The summed E-state index contributed by atoms with van der Waals surface area (Å²) >= 11 is 0. The molecular weight excluding hydrogens is 306 g/mol. The van der Waals surface area contributed by atoms with Gasteiger partial charge in [0, 0.05) is 13.7 Å². The molecule has 6 nitrogen and oxygen atoms in total. The Balaban J connectivity index is 2.98. The number of para-hydroxylation sites is 1. The molecule has 118 valence electrons. The normalized spacial score (nSPS) is 13.2. The SMILES string of the molecule is COC(CN)CC(=O)Nc1ccccc1S(=O)(=O)C(F)F. The predicted octanol–water partition coefficient (Wildman–Crippen LogP) is 0.985. The fraction of sp³-hybridized carbons (Fsp3) is 0.417. The summed E-state index contributed by atoms with van der Waals surface area (Å²) in [5, 5.41) is 2.28. The Morgan fingerprint density at radius 3 is 2.52 bits per heavy atom. The van der Waals surface area contributed by atoms with Crippen molar-refractivity contribution in [2.45, 2.75) is 23.2 Å². The molecule has 0 radical (unpaired) electrons. The molecular formula is C12H16F2N2O4S. The molecule has 1 amide bonds. The molecule has 0 bridgehead atoms. The molecule has 0 aliphatic heterocycles. The van der Waals surface area contributed by atoms with E-state index in [2.05, 4.69) is 5.32 Å². The fourth-order valence-electron chi connectivity index (χ4n) is 1.58. The summed E-state index contributed by atoms with van der Waals surface area (Å²) in [6, 6.07) is 4.96. The van der Waals surface area contributed by atoms with Crippen LogP contribution in [0.4, 0.5) is 14.5 Å². The highest BCUT2D eigenvalue weighted by Gasteiger charge is 2.29. The van der Waals surface area contributed by atoms with E-state index < -0.39 is 32.5 Å². The maximum atomic E-state index is 12.6. The summed E-state index contributed by atoms with van der Waals surface area (Å²) in [5.41, 5.74) is 5.16. The first-order valence-electron chi connectivity index (χ1n) is 5.96. The Kier molecular flexibility index (Phi) is 6.19. The highest BCUT2D eigenvalue weighted by molar-refractivity contribution is 7.91. The van der Waals surface area contributed by atoms with Gasteiger partial charge >= 0.3 is 5.76 Å². The van der Waals surface area contributed by atoms with Crippen molar-refractivity contribution in [1.29, 1.82) is 0 Å². The maximum Gasteiger partial charge on any atom is 0.341 e. The number of rotatable bonds is 7. The zero-order valence-electron chi connectivity index (χ0n) is 11.3. The van der Waals surface area contributed by atoms with Crippen molar-refractivity contribution >= 4 is 21.4 Å². The number of sulfone groups is 1. The minimum atomic E-state index is -4.80. The summed E-state index contributed by atoms with van der Waals surface area (Å²) in [7, 11) is -3.42. The average Bonchev–Trinajstić information content (AvgIpc) is 2.44. The van der Waals surface area contributed by atoms with Crippen LogP contribution in [0.5, 0.6) is 0 Å². The lowest BCUT2D eigenvalue weighted by Crippen LogP contribution is -2.28. The van der Waals surface area contributed by atoms with Crippen molar-refractivity contribution < 1.29 is 26.7 Å². The highest BCUT2D eigenvalue weighted by Crippen LogP contribution is 2.26. The minimum absolute atomic E-state index is 0.0981. The first-order valence-corrected chi connectivity index (χ1v) is 7.51. The van der Waals surface area contributed by atoms with Crippen LogP contribution < -0.4 is 11.1 Å². The number of hydrogen-bond acceptors (Lipinski definition) is 5. The summed E-state index contributed by atoms with van der Waals surface area (Å²) in [5.74, 6) is -4.14. The van der Waals surface area contributed by atoms with Crippen molar-refractivity contribution in [1.82, 2.24) is 0 Å². The van der Waals surface area contributed by atoms with Crippen molar-refractivity contribution in [2.24, 2.45) is 5.73 Å². The van der Waals surface area contributed by atoms with Crippen LogP contribution in [0.25, 0.3) is 0 Å². The zero-order valence-corrected chi connectivity index (χ0v) is 12.1. The van der Waals surface area contributed by atoms with E-state index in [4.69, 9.17) is 10.5 Å². The van der Waals surface area contributed by atoms with Gasteiger partial charge in [0.15, 0.2) is 0 Å². The molecule has 1 atom stereocenters. The van der Waals surface area contributed by atoms with Gasteiger partial charge in [0.05, 0.1) is 23.1 Å². The number of carbonyl (C=O) groups excluding carboxylic acids is 1. The van der Waals surface area contributed by atoms with E-state index >= 15 is 0 Å². The third-order valence-corrected chi connectivity index (χ3v) is 4.15. The molecule has 3 N–H and O–H groups in total. The topological polar surface area (TPSA) is 98.5 Å². The number of alkyl halides is 2. The molecule has 21 heavy (non-hydrogen) atoms. The molecule has 9 heteroatoms. The van der Waals surface area contributed by atoms with E-state index in [1.54, 1.807) is 0 Å². The van der Waals surface area contributed by atoms with Crippen LogP contribution in [-0.4, -0.2) is 39.8 Å². The molecule has 1 unspecified atom stereocenters. The first-order chi connectivity index (χ1) is 9.82. The lowest BCUT2D eigenvalue weighted by Gasteiger charge is -2.14. The number of halogens is 2. The van der Waals surface area contributed by atoms with Gasteiger partial charge < -0.3 is 15.8 Å². The minimum Gasteiger partial charge on any atom is -0.380 e. The Hall–Kier alpha value is -1.58. The van der Waals surface area contributed by atoms with Crippen LogP contribution in [0.2, 0.25) is 0 Å². The number of carbonyl (C=O) groups is 1. The van der Waals surface area contributed by atoms with Crippen LogP contribution in [0.15, 0.2) is 29.2 Å². The van der Waals surface area contributed by atoms with Crippen molar-refractivity contribution in [3.05, 3.63) is 24.3 Å². The Morgan fingerprint density at radius 2 is 2.00 bits per heavy atom. The van der Waals surface area contributed by atoms with Gasteiger partial charge in [-0.2, -0.15) is 8.78 Å². The summed E-state index contributed by atoms with van der Waals surface area (Å²) in [6.07, 6.45) is -0.653. The molecule has 0 saturated carbocycles. The maximum absolute atomic E-state index is 12.6. The number of anilines is 1. The lowest BCUT2D eigenvalue weighted by atomic mass is 10.2.